The number of carboxylic acids is 1. The first-order chi connectivity index (χ1) is 14.2. The largest absolute Gasteiger partial charge is 0.481 e. The molecule has 1 atom stereocenters. The highest BCUT2D eigenvalue weighted by Gasteiger charge is 2.08. The number of benzene rings is 1. The molecule has 1 rings (SSSR count). The van der Waals surface area contributed by atoms with E-state index < -0.39 is 5.97 Å². The summed E-state index contributed by atoms with van der Waals surface area (Å²) >= 11 is 0. The van der Waals surface area contributed by atoms with Crippen molar-refractivity contribution in [2.24, 2.45) is 0 Å². The van der Waals surface area contributed by atoms with Crippen molar-refractivity contribution in [2.75, 3.05) is 6.61 Å². The van der Waals surface area contributed by atoms with Gasteiger partial charge in [0.2, 0.25) is 0 Å². The number of ether oxygens (including phenoxy) is 1. The number of aliphatic hydroxyl groups excluding tert-OH is 1. The number of rotatable bonds is 20. The second kappa shape index (κ2) is 18.6. The van der Waals surface area contributed by atoms with Crippen molar-refractivity contribution in [3.8, 4) is 0 Å². The van der Waals surface area contributed by atoms with E-state index in [0.717, 1.165) is 25.7 Å². The molecule has 0 saturated carbocycles. The number of carbonyl (C=O) groups is 1. The average molecular weight is 407 g/mol. The summed E-state index contributed by atoms with van der Waals surface area (Å²) in [4.78, 5) is 10.4. The van der Waals surface area contributed by atoms with E-state index in [4.69, 9.17) is 9.84 Å². The summed E-state index contributed by atoms with van der Waals surface area (Å²) in [5, 5.41) is 17.8. The maximum atomic E-state index is 10.4. The smallest absolute Gasteiger partial charge is 0.303 e. The molecule has 29 heavy (non-hydrogen) atoms. The molecule has 1 unspecified atom stereocenters. The van der Waals surface area contributed by atoms with Gasteiger partial charge in [-0.2, -0.15) is 0 Å². The van der Waals surface area contributed by atoms with Gasteiger partial charge in [0.05, 0.1) is 12.7 Å². The molecule has 2 N–H and O–H groups in total. The Morgan fingerprint density at radius 3 is 1.79 bits per heavy atom. The lowest BCUT2D eigenvalue weighted by Crippen LogP contribution is -2.14. The van der Waals surface area contributed by atoms with Crippen LogP contribution >= 0.6 is 0 Å². The van der Waals surface area contributed by atoms with Crippen molar-refractivity contribution in [1.29, 1.82) is 0 Å². The minimum Gasteiger partial charge on any atom is -0.481 e. The Hall–Kier alpha value is -1.39. The molecule has 0 spiro atoms. The molecule has 0 aliphatic rings. The molecular weight excluding hydrogens is 364 g/mol. The third-order valence-corrected chi connectivity index (χ3v) is 5.45. The summed E-state index contributed by atoms with van der Waals surface area (Å²) in [5.74, 6) is -0.673. The zero-order chi connectivity index (χ0) is 21.0. The van der Waals surface area contributed by atoms with E-state index >= 15 is 0 Å². The van der Waals surface area contributed by atoms with Crippen molar-refractivity contribution >= 4 is 5.97 Å². The Morgan fingerprint density at radius 2 is 1.28 bits per heavy atom. The van der Waals surface area contributed by atoms with Gasteiger partial charge < -0.3 is 14.9 Å². The lowest BCUT2D eigenvalue weighted by atomic mass is 10.0. The summed E-state index contributed by atoms with van der Waals surface area (Å²) in [7, 11) is 0. The van der Waals surface area contributed by atoms with Crippen molar-refractivity contribution in [3.63, 3.8) is 0 Å². The lowest BCUT2D eigenvalue weighted by Gasteiger charge is -2.17. The average Bonchev–Trinajstić information content (AvgIpc) is 2.72. The van der Waals surface area contributed by atoms with Crippen LogP contribution < -0.4 is 0 Å². The Morgan fingerprint density at radius 1 is 0.759 bits per heavy atom. The van der Waals surface area contributed by atoms with Crippen molar-refractivity contribution in [2.45, 2.75) is 109 Å². The van der Waals surface area contributed by atoms with Gasteiger partial charge in [-0.1, -0.05) is 101 Å². The predicted octanol–water partition coefficient (Wildman–Crippen LogP) is 6.50. The first-order valence-electron chi connectivity index (χ1n) is 11.7. The van der Waals surface area contributed by atoms with Crippen LogP contribution in [0.25, 0.3) is 0 Å². The molecule has 0 amide bonds. The van der Waals surface area contributed by atoms with Crippen molar-refractivity contribution in [1.82, 2.24) is 0 Å². The minimum absolute atomic E-state index is 0.163. The van der Waals surface area contributed by atoms with Gasteiger partial charge in [-0.25, -0.2) is 0 Å². The van der Waals surface area contributed by atoms with Crippen molar-refractivity contribution in [3.05, 3.63) is 35.9 Å². The molecule has 0 aliphatic carbocycles. The van der Waals surface area contributed by atoms with Gasteiger partial charge >= 0.3 is 5.97 Å². The third kappa shape index (κ3) is 16.1. The third-order valence-electron chi connectivity index (χ3n) is 5.45. The number of hydrogen-bond acceptors (Lipinski definition) is 3. The maximum absolute atomic E-state index is 10.4. The fraction of sp³-hybridized carbons (Fsp3) is 0.720. The van der Waals surface area contributed by atoms with E-state index in [1.165, 1.54) is 69.8 Å². The van der Waals surface area contributed by atoms with E-state index in [9.17, 15) is 9.90 Å². The molecule has 0 saturated heterocycles. The fourth-order valence-electron chi connectivity index (χ4n) is 3.66. The molecule has 0 aromatic heterocycles. The van der Waals surface area contributed by atoms with Gasteiger partial charge in [-0.05, 0) is 24.8 Å². The Labute approximate surface area is 177 Å². The van der Waals surface area contributed by atoms with Crippen LogP contribution in [-0.4, -0.2) is 28.9 Å². The molecule has 0 radical (unpaired) electrons. The SMILES string of the molecule is O=C(O)CCCCCCCCCCCCCCC(CCO)OCc1ccccc1. The van der Waals surface area contributed by atoms with Crippen LogP contribution in [0.5, 0.6) is 0 Å². The Kier molecular flexibility index (Phi) is 16.5. The minimum atomic E-state index is -0.673. The zero-order valence-corrected chi connectivity index (χ0v) is 18.2. The number of unbranched alkanes of at least 4 members (excludes halogenated alkanes) is 11. The standard InChI is InChI=1S/C25H42O4/c26-21-20-24(29-22-23-16-12-11-13-17-23)18-14-9-7-5-3-1-2-4-6-8-10-15-19-25(27)28/h11-13,16-17,24,26H,1-10,14-15,18-22H2,(H,27,28). The molecule has 4 nitrogen and oxygen atoms in total. The number of carboxylic acid groups (broad SMARTS) is 1. The van der Waals surface area contributed by atoms with Gasteiger partial charge in [0.1, 0.15) is 0 Å². The maximum Gasteiger partial charge on any atom is 0.303 e. The first-order valence-corrected chi connectivity index (χ1v) is 11.7. The summed E-state index contributed by atoms with van der Waals surface area (Å²) in [6, 6.07) is 10.2. The van der Waals surface area contributed by atoms with E-state index in [2.05, 4.69) is 12.1 Å². The van der Waals surface area contributed by atoms with Crippen LogP contribution in [0.2, 0.25) is 0 Å². The summed E-state index contributed by atoms with van der Waals surface area (Å²) in [5.41, 5.74) is 1.19. The molecule has 1 aromatic carbocycles. The van der Waals surface area contributed by atoms with Gasteiger partial charge in [-0.3, -0.25) is 4.79 Å². The van der Waals surface area contributed by atoms with Crippen LogP contribution in [0, 0.1) is 0 Å². The Bertz CT molecular complexity index is 489. The second-order valence-electron chi connectivity index (χ2n) is 8.11. The molecular formula is C25H42O4. The monoisotopic (exact) mass is 406 g/mol. The number of aliphatic carboxylic acids is 1. The normalized spacial score (nSPS) is 12.2. The van der Waals surface area contributed by atoms with Crippen LogP contribution in [0.4, 0.5) is 0 Å². The van der Waals surface area contributed by atoms with Crippen molar-refractivity contribution < 1.29 is 19.7 Å². The topological polar surface area (TPSA) is 66.8 Å². The second-order valence-corrected chi connectivity index (χ2v) is 8.11. The van der Waals surface area contributed by atoms with Crippen LogP contribution in [0.1, 0.15) is 102 Å². The first kappa shape index (κ1) is 25.6. The van der Waals surface area contributed by atoms with Crippen LogP contribution in [-0.2, 0) is 16.1 Å². The quantitative estimate of drug-likeness (QED) is 0.243. The van der Waals surface area contributed by atoms with Gasteiger partial charge in [0.25, 0.3) is 0 Å². The van der Waals surface area contributed by atoms with E-state index in [0.29, 0.717) is 13.0 Å². The molecule has 1 aromatic rings. The Balaban J connectivity index is 1.89. The zero-order valence-electron chi connectivity index (χ0n) is 18.2. The van der Waals surface area contributed by atoms with Gasteiger partial charge in [0, 0.05) is 13.0 Å². The van der Waals surface area contributed by atoms with Crippen LogP contribution in [0.15, 0.2) is 30.3 Å². The molecule has 166 valence electrons. The lowest BCUT2D eigenvalue weighted by molar-refractivity contribution is -0.137. The molecule has 4 heteroatoms. The molecule has 0 fully saturated rings. The highest BCUT2D eigenvalue weighted by Crippen LogP contribution is 2.16. The molecule has 0 bridgehead atoms. The van der Waals surface area contributed by atoms with E-state index in [1.54, 1.807) is 0 Å². The van der Waals surface area contributed by atoms with E-state index in [-0.39, 0.29) is 12.7 Å². The molecule has 0 heterocycles. The van der Waals surface area contributed by atoms with Crippen LogP contribution in [0.3, 0.4) is 0 Å². The molecule has 0 aliphatic heterocycles. The predicted molar refractivity (Wildman–Crippen MR) is 119 cm³/mol. The fourth-order valence-corrected chi connectivity index (χ4v) is 3.66. The number of aliphatic hydroxyl groups is 1. The van der Waals surface area contributed by atoms with Gasteiger partial charge in [0.15, 0.2) is 0 Å². The summed E-state index contributed by atoms with van der Waals surface area (Å²) in [6.07, 6.45) is 16.8. The highest BCUT2D eigenvalue weighted by atomic mass is 16.5. The summed E-state index contributed by atoms with van der Waals surface area (Å²) in [6.45, 7) is 0.823. The number of hydrogen-bond donors (Lipinski definition) is 2. The highest BCUT2D eigenvalue weighted by molar-refractivity contribution is 5.66. The van der Waals surface area contributed by atoms with Gasteiger partial charge in [-0.15, -0.1) is 0 Å². The summed E-state index contributed by atoms with van der Waals surface area (Å²) < 4.78 is 6.00. The van der Waals surface area contributed by atoms with E-state index in [1.807, 2.05) is 18.2 Å².